The van der Waals surface area contributed by atoms with Gasteiger partial charge in [0.05, 0.1) is 10.5 Å². The molecule has 1 rings (SSSR count). The molecule has 0 saturated heterocycles. The number of alkyl halides is 3. The van der Waals surface area contributed by atoms with Crippen LogP contribution in [0.25, 0.3) is 0 Å². The van der Waals surface area contributed by atoms with Crippen LogP contribution in [0.2, 0.25) is 0 Å². The lowest BCUT2D eigenvalue weighted by Crippen LogP contribution is -2.27. The van der Waals surface area contributed by atoms with E-state index in [1.807, 2.05) is 0 Å². The van der Waals surface area contributed by atoms with E-state index in [0.29, 0.717) is 6.07 Å². The molecule has 0 heterocycles. The molecule has 0 bridgehead atoms. The van der Waals surface area contributed by atoms with Crippen molar-refractivity contribution in [1.29, 1.82) is 0 Å². The Kier molecular flexibility index (Phi) is 5.02. The second kappa shape index (κ2) is 5.80. The smallest absolute Gasteiger partial charge is 0.211 e. The average Bonchev–Trinajstić information content (AvgIpc) is 2.25. The largest absolute Gasteiger partial charge is 0.417 e. The number of halogens is 4. The molecular weight excluding hydrogens is 347 g/mol. The van der Waals surface area contributed by atoms with Crippen molar-refractivity contribution in [3.05, 3.63) is 28.2 Å². The van der Waals surface area contributed by atoms with Crippen LogP contribution in [0.4, 0.5) is 13.2 Å². The average molecular weight is 360 g/mol. The predicted octanol–water partition coefficient (Wildman–Crippen LogP) is 3.40. The van der Waals surface area contributed by atoms with E-state index in [1.165, 1.54) is 0 Å². The Labute approximate surface area is 118 Å². The van der Waals surface area contributed by atoms with Crippen LogP contribution in [0.5, 0.6) is 0 Å². The van der Waals surface area contributed by atoms with Gasteiger partial charge < -0.3 is 0 Å². The van der Waals surface area contributed by atoms with Gasteiger partial charge in [0.1, 0.15) is 0 Å². The minimum atomic E-state index is -4.61. The van der Waals surface area contributed by atoms with Crippen LogP contribution in [0.1, 0.15) is 19.4 Å². The summed E-state index contributed by atoms with van der Waals surface area (Å²) in [7, 11) is -3.93. The Bertz CT molecular complexity index is 556. The number of hydrogen-bond donors (Lipinski definition) is 1. The fourth-order valence-electron chi connectivity index (χ4n) is 1.25. The van der Waals surface area contributed by atoms with Gasteiger partial charge in [-0.1, -0.05) is 29.8 Å². The van der Waals surface area contributed by atoms with E-state index in [4.69, 9.17) is 0 Å². The van der Waals surface area contributed by atoms with Gasteiger partial charge in [-0.05, 0) is 24.1 Å². The lowest BCUT2D eigenvalue weighted by Gasteiger charge is -2.13. The zero-order valence-electron chi connectivity index (χ0n) is 10.3. The molecule has 0 atom stereocenters. The van der Waals surface area contributed by atoms with Gasteiger partial charge in [0.25, 0.3) is 0 Å². The van der Waals surface area contributed by atoms with E-state index < -0.39 is 26.7 Å². The molecule has 0 radical (unpaired) electrons. The number of benzene rings is 1. The Morgan fingerprint density at radius 3 is 2.37 bits per heavy atom. The highest BCUT2D eigenvalue weighted by Gasteiger charge is 2.34. The van der Waals surface area contributed by atoms with Crippen LogP contribution in [0.3, 0.4) is 0 Å². The predicted molar refractivity (Wildman–Crippen MR) is 69.2 cm³/mol. The van der Waals surface area contributed by atoms with Gasteiger partial charge in [0.2, 0.25) is 10.0 Å². The molecule has 108 valence electrons. The quantitative estimate of drug-likeness (QED) is 0.895. The summed E-state index contributed by atoms with van der Waals surface area (Å²) in [5.74, 6) is 0.0623. The van der Waals surface area contributed by atoms with Crippen molar-refractivity contribution in [3.8, 4) is 0 Å². The van der Waals surface area contributed by atoms with E-state index in [2.05, 4.69) is 20.7 Å². The molecule has 0 spiro atoms. The third kappa shape index (κ3) is 4.47. The summed E-state index contributed by atoms with van der Waals surface area (Å²) in [6.07, 6.45) is -4.61. The SMILES string of the molecule is CC(C)CNS(=O)(=O)c1ccc(Br)c(C(F)(F)F)c1. The zero-order chi connectivity index (χ0) is 14.8. The molecule has 0 unspecified atom stereocenters. The molecule has 0 aliphatic rings. The molecule has 1 N–H and O–H groups in total. The summed E-state index contributed by atoms with van der Waals surface area (Å²) >= 11 is 2.76. The summed E-state index contributed by atoms with van der Waals surface area (Å²) in [5, 5.41) is 0. The van der Waals surface area contributed by atoms with Crippen molar-refractivity contribution in [2.75, 3.05) is 6.54 Å². The molecular formula is C11H13BrF3NO2S. The first-order valence-electron chi connectivity index (χ1n) is 5.40. The second-order valence-corrected chi connectivity index (χ2v) is 7.01. The fourth-order valence-corrected chi connectivity index (χ4v) is 2.96. The van der Waals surface area contributed by atoms with Crippen molar-refractivity contribution < 1.29 is 21.6 Å². The number of nitrogens with one attached hydrogen (secondary N) is 1. The van der Waals surface area contributed by atoms with Crippen LogP contribution in [0.15, 0.2) is 27.6 Å². The maximum atomic E-state index is 12.7. The first-order valence-corrected chi connectivity index (χ1v) is 7.68. The minimum Gasteiger partial charge on any atom is -0.211 e. The molecule has 8 heteroatoms. The topological polar surface area (TPSA) is 46.2 Å². The monoisotopic (exact) mass is 359 g/mol. The summed E-state index contributed by atoms with van der Waals surface area (Å²) in [4.78, 5) is -0.399. The highest BCUT2D eigenvalue weighted by Crippen LogP contribution is 2.36. The lowest BCUT2D eigenvalue weighted by molar-refractivity contribution is -0.138. The Balaban J connectivity index is 3.16. The van der Waals surface area contributed by atoms with Gasteiger partial charge in [-0.25, -0.2) is 13.1 Å². The van der Waals surface area contributed by atoms with Gasteiger partial charge in [-0.3, -0.25) is 0 Å². The first kappa shape index (κ1) is 16.5. The third-order valence-electron chi connectivity index (χ3n) is 2.24. The first-order chi connectivity index (χ1) is 8.54. The van der Waals surface area contributed by atoms with Crippen molar-refractivity contribution in [1.82, 2.24) is 4.72 Å². The molecule has 0 aliphatic heterocycles. The Morgan fingerprint density at radius 1 is 1.32 bits per heavy atom. The molecule has 1 aromatic carbocycles. The Morgan fingerprint density at radius 2 is 1.89 bits per heavy atom. The van der Waals surface area contributed by atoms with E-state index >= 15 is 0 Å². The molecule has 0 saturated carbocycles. The standard InChI is InChI=1S/C11H13BrF3NO2S/c1-7(2)6-16-19(17,18)8-3-4-10(12)9(5-8)11(13,14)15/h3-5,7,16H,6H2,1-2H3. The van der Waals surface area contributed by atoms with E-state index in [9.17, 15) is 21.6 Å². The lowest BCUT2D eigenvalue weighted by atomic mass is 10.2. The van der Waals surface area contributed by atoms with E-state index in [1.54, 1.807) is 13.8 Å². The maximum Gasteiger partial charge on any atom is 0.417 e. The maximum absolute atomic E-state index is 12.7. The van der Waals surface area contributed by atoms with E-state index in [-0.39, 0.29) is 16.9 Å². The van der Waals surface area contributed by atoms with Crippen LogP contribution < -0.4 is 4.72 Å². The molecule has 0 aromatic heterocycles. The summed E-state index contributed by atoms with van der Waals surface area (Å²) in [6.45, 7) is 3.76. The number of rotatable bonds is 4. The molecule has 0 amide bonds. The van der Waals surface area contributed by atoms with Gasteiger partial charge in [-0.2, -0.15) is 13.2 Å². The normalized spacial score (nSPS) is 13.0. The molecule has 0 fully saturated rings. The zero-order valence-corrected chi connectivity index (χ0v) is 12.7. The summed E-state index contributed by atoms with van der Waals surface area (Å²) in [5.41, 5.74) is -1.01. The molecule has 3 nitrogen and oxygen atoms in total. The number of sulfonamides is 1. The van der Waals surface area contributed by atoms with Gasteiger partial charge >= 0.3 is 6.18 Å². The summed E-state index contributed by atoms with van der Waals surface area (Å²) < 4.78 is 63.8. The fraction of sp³-hybridized carbons (Fsp3) is 0.455. The van der Waals surface area contributed by atoms with Gasteiger partial charge in [-0.15, -0.1) is 0 Å². The molecule has 1 aromatic rings. The molecule has 19 heavy (non-hydrogen) atoms. The molecule has 0 aliphatic carbocycles. The van der Waals surface area contributed by atoms with Crippen molar-refractivity contribution in [3.63, 3.8) is 0 Å². The van der Waals surface area contributed by atoms with Crippen molar-refractivity contribution in [2.24, 2.45) is 5.92 Å². The number of hydrogen-bond acceptors (Lipinski definition) is 2. The minimum absolute atomic E-state index is 0.0623. The second-order valence-electron chi connectivity index (χ2n) is 4.39. The summed E-state index contributed by atoms with van der Waals surface area (Å²) in [6, 6.07) is 2.82. The third-order valence-corrected chi connectivity index (χ3v) is 4.35. The van der Waals surface area contributed by atoms with Crippen LogP contribution in [-0.2, 0) is 16.2 Å². The van der Waals surface area contributed by atoms with Crippen molar-refractivity contribution >= 4 is 26.0 Å². The van der Waals surface area contributed by atoms with Crippen LogP contribution in [0, 0.1) is 5.92 Å². The van der Waals surface area contributed by atoms with Crippen LogP contribution in [-0.4, -0.2) is 15.0 Å². The van der Waals surface area contributed by atoms with Crippen LogP contribution >= 0.6 is 15.9 Å². The van der Waals surface area contributed by atoms with Gasteiger partial charge in [0, 0.05) is 11.0 Å². The highest BCUT2D eigenvalue weighted by atomic mass is 79.9. The van der Waals surface area contributed by atoms with E-state index in [0.717, 1.165) is 12.1 Å². The van der Waals surface area contributed by atoms with Crippen molar-refractivity contribution in [2.45, 2.75) is 24.9 Å². The Hall–Kier alpha value is -0.600. The van der Waals surface area contributed by atoms with Gasteiger partial charge in [0.15, 0.2) is 0 Å². The highest BCUT2D eigenvalue weighted by molar-refractivity contribution is 9.10.